The van der Waals surface area contributed by atoms with Crippen LogP contribution in [0.15, 0.2) is 0 Å². The fraction of sp³-hybridized carbons (Fsp3) is 1.00. The zero-order chi connectivity index (χ0) is 21.1. The van der Waals surface area contributed by atoms with Gasteiger partial charge in [0.2, 0.25) is 0 Å². The van der Waals surface area contributed by atoms with Crippen molar-refractivity contribution in [1.82, 2.24) is 0 Å². The third kappa shape index (κ3) is 18.0. The lowest BCUT2D eigenvalue weighted by atomic mass is 9.88. The van der Waals surface area contributed by atoms with E-state index >= 15 is 0 Å². The summed E-state index contributed by atoms with van der Waals surface area (Å²) >= 11 is 0. The first-order chi connectivity index (χ1) is 12.2. The van der Waals surface area contributed by atoms with Crippen LogP contribution in [0.3, 0.4) is 0 Å². The molecule has 0 aliphatic rings. The second kappa shape index (κ2) is 12.7. The van der Waals surface area contributed by atoms with Crippen molar-refractivity contribution in [1.29, 1.82) is 0 Å². The molecule has 0 heterocycles. The molecule has 0 aliphatic carbocycles. The summed E-state index contributed by atoms with van der Waals surface area (Å²) in [6, 6.07) is 0. The first kappa shape index (κ1) is 27.2. The molecule has 4 N–H and O–H groups in total. The first-order valence-electron chi connectivity index (χ1n) is 9.20. The molecule has 0 rings (SSSR count). The van der Waals surface area contributed by atoms with Crippen molar-refractivity contribution in [3.63, 3.8) is 0 Å². The van der Waals surface area contributed by atoms with Crippen LogP contribution >= 0.6 is 15.6 Å². The number of unbranched alkanes of at least 4 members (excludes halogenated alkanes) is 1. The summed E-state index contributed by atoms with van der Waals surface area (Å²) in [6.07, 6.45) is 4.28. The molecule has 0 bridgehead atoms. The third-order valence-corrected chi connectivity index (χ3v) is 5.39. The first-order valence-corrected chi connectivity index (χ1v) is 12.3. The Labute approximate surface area is 162 Å². The zero-order valence-electron chi connectivity index (χ0n) is 16.7. The Bertz CT molecular complexity index is 486. The van der Waals surface area contributed by atoms with Crippen LogP contribution in [0.4, 0.5) is 0 Å². The lowest BCUT2D eigenvalue weighted by Gasteiger charge is -2.24. The maximum Gasteiger partial charge on any atom is 0.469 e. The number of rotatable bonds is 16. The van der Waals surface area contributed by atoms with Crippen LogP contribution in [-0.4, -0.2) is 46.0 Å². The maximum atomic E-state index is 10.7. The van der Waals surface area contributed by atoms with Crippen LogP contribution in [0.1, 0.15) is 59.8 Å². The molecule has 0 saturated carbocycles. The van der Waals surface area contributed by atoms with E-state index in [4.69, 9.17) is 24.3 Å². The second-order valence-corrected chi connectivity index (χ2v) is 10.4. The lowest BCUT2D eigenvalue weighted by molar-refractivity contribution is 0.102. The highest BCUT2D eigenvalue weighted by Gasteiger charge is 2.23. The Morgan fingerprint density at radius 2 is 1.41 bits per heavy atom. The highest BCUT2D eigenvalue weighted by molar-refractivity contribution is 7.46. The Balaban J connectivity index is 3.69. The summed E-state index contributed by atoms with van der Waals surface area (Å²) in [4.78, 5) is 34.9. The summed E-state index contributed by atoms with van der Waals surface area (Å²) in [5.41, 5.74) is -0.304. The summed E-state index contributed by atoms with van der Waals surface area (Å²) < 4.78 is 36.1. The van der Waals surface area contributed by atoms with E-state index in [1.54, 1.807) is 0 Å². The van der Waals surface area contributed by atoms with Crippen LogP contribution in [0.5, 0.6) is 0 Å². The quantitative estimate of drug-likeness (QED) is 0.212. The molecule has 2 atom stereocenters. The summed E-state index contributed by atoms with van der Waals surface area (Å²) in [5.74, 6) is 0.324. The van der Waals surface area contributed by atoms with Gasteiger partial charge in [-0.2, -0.15) is 0 Å². The lowest BCUT2D eigenvalue weighted by Crippen LogP contribution is -2.18. The maximum absolute atomic E-state index is 10.7. The smallest absolute Gasteiger partial charge is 0.381 e. The van der Waals surface area contributed by atoms with Gasteiger partial charge < -0.3 is 24.3 Å². The molecule has 27 heavy (non-hydrogen) atoms. The van der Waals surface area contributed by atoms with Crippen molar-refractivity contribution < 1.29 is 42.5 Å². The Kier molecular flexibility index (Phi) is 12.8. The largest absolute Gasteiger partial charge is 0.469 e. The molecular weight excluding hydrogens is 398 g/mol. The van der Waals surface area contributed by atoms with E-state index in [0.29, 0.717) is 13.2 Å². The molecule has 0 aliphatic heterocycles. The summed E-state index contributed by atoms with van der Waals surface area (Å²) in [5, 5.41) is 0. The number of phosphoric acid groups is 2. The Hall–Kier alpha value is 0.180. The van der Waals surface area contributed by atoms with E-state index < -0.39 is 15.6 Å². The Morgan fingerprint density at radius 3 is 1.96 bits per heavy atom. The van der Waals surface area contributed by atoms with Gasteiger partial charge in [-0.25, -0.2) is 9.13 Å². The van der Waals surface area contributed by atoms with Crippen LogP contribution < -0.4 is 0 Å². The molecule has 0 radical (unpaired) electrons. The molecule has 0 spiro atoms. The van der Waals surface area contributed by atoms with Gasteiger partial charge in [-0.05, 0) is 42.9 Å². The molecule has 0 aromatic heterocycles. The van der Waals surface area contributed by atoms with E-state index in [-0.39, 0.29) is 30.5 Å². The molecule has 0 fully saturated rings. The number of phosphoric ester groups is 2. The molecule has 0 aromatic carbocycles. The van der Waals surface area contributed by atoms with Gasteiger partial charge in [-0.15, -0.1) is 0 Å². The number of hydrogen-bond donors (Lipinski definition) is 4. The van der Waals surface area contributed by atoms with Crippen molar-refractivity contribution in [2.45, 2.75) is 59.8 Å². The van der Waals surface area contributed by atoms with E-state index in [1.807, 2.05) is 27.7 Å². The average molecular weight is 434 g/mol. The minimum absolute atomic E-state index is 0.0138. The molecular formula is C16H36O9P2. The highest BCUT2D eigenvalue weighted by Crippen LogP contribution is 2.39. The van der Waals surface area contributed by atoms with Crippen molar-refractivity contribution in [2.75, 3.05) is 26.4 Å². The van der Waals surface area contributed by atoms with Crippen molar-refractivity contribution in [2.24, 2.45) is 17.3 Å². The molecule has 11 heteroatoms. The van der Waals surface area contributed by atoms with E-state index in [0.717, 1.165) is 32.1 Å². The van der Waals surface area contributed by atoms with Crippen LogP contribution in [0.25, 0.3) is 0 Å². The van der Waals surface area contributed by atoms with Crippen LogP contribution in [0.2, 0.25) is 0 Å². The monoisotopic (exact) mass is 434 g/mol. The van der Waals surface area contributed by atoms with Gasteiger partial charge >= 0.3 is 15.6 Å². The van der Waals surface area contributed by atoms with Gasteiger partial charge in [-0.3, -0.25) is 9.05 Å². The van der Waals surface area contributed by atoms with Gasteiger partial charge in [0.15, 0.2) is 0 Å². The van der Waals surface area contributed by atoms with Crippen molar-refractivity contribution in [3.8, 4) is 0 Å². The minimum atomic E-state index is -4.42. The minimum Gasteiger partial charge on any atom is -0.381 e. The predicted octanol–water partition coefficient (Wildman–Crippen LogP) is 3.47. The normalized spacial score (nSPS) is 15.7. The molecule has 0 saturated heterocycles. The average Bonchev–Trinajstić information content (AvgIpc) is 2.51. The third-order valence-electron chi connectivity index (χ3n) is 4.44. The van der Waals surface area contributed by atoms with Crippen LogP contribution in [0, 0.1) is 17.3 Å². The van der Waals surface area contributed by atoms with Gasteiger partial charge in [0.1, 0.15) is 0 Å². The predicted molar refractivity (Wildman–Crippen MR) is 102 cm³/mol. The molecule has 9 nitrogen and oxygen atoms in total. The van der Waals surface area contributed by atoms with Crippen molar-refractivity contribution >= 4 is 15.6 Å². The summed E-state index contributed by atoms with van der Waals surface area (Å²) in [7, 11) is -8.82. The Morgan fingerprint density at radius 1 is 0.852 bits per heavy atom. The van der Waals surface area contributed by atoms with Crippen molar-refractivity contribution in [3.05, 3.63) is 0 Å². The second-order valence-electron chi connectivity index (χ2n) is 7.88. The molecule has 0 aromatic rings. The van der Waals surface area contributed by atoms with E-state index in [2.05, 4.69) is 9.05 Å². The molecule has 2 unspecified atom stereocenters. The van der Waals surface area contributed by atoms with E-state index in [1.165, 1.54) is 0 Å². The standard InChI is InChI=1S/C16H36O9P2/c1-14(15(2)12-24-26(17,18)19)8-7-11-23-10-6-5-9-16(3,4)13-25-27(20,21)22/h14-15H,5-13H2,1-4H3,(H2,17,18,19)(H2,20,21,22). The van der Waals surface area contributed by atoms with Gasteiger partial charge in [0.25, 0.3) is 0 Å². The van der Waals surface area contributed by atoms with Gasteiger partial charge in [0.05, 0.1) is 13.2 Å². The topological polar surface area (TPSA) is 143 Å². The SMILES string of the molecule is CC(CCCOCCCCC(C)(C)COP(=O)(O)O)C(C)COP(=O)(O)O. The van der Waals surface area contributed by atoms with Gasteiger partial charge in [-0.1, -0.05) is 34.1 Å². The number of ether oxygens (including phenoxy) is 1. The number of hydrogen-bond acceptors (Lipinski definition) is 5. The fourth-order valence-corrected chi connectivity index (χ4v) is 3.36. The summed E-state index contributed by atoms with van der Waals surface area (Å²) in [6.45, 7) is 9.04. The van der Waals surface area contributed by atoms with Gasteiger partial charge in [0, 0.05) is 13.2 Å². The zero-order valence-corrected chi connectivity index (χ0v) is 18.5. The van der Waals surface area contributed by atoms with Crippen LogP contribution in [-0.2, 0) is 22.9 Å². The molecule has 0 amide bonds. The molecule has 164 valence electrons. The van der Waals surface area contributed by atoms with E-state index in [9.17, 15) is 9.13 Å². The fourth-order valence-electron chi connectivity index (χ4n) is 2.41. The highest BCUT2D eigenvalue weighted by atomic mass is 31.2.